The van der Waals surface area contributed by atoms with E-state index in [1.807, 2.05) is 67.6 Å². The number of ether oxygens (including phenoxy) is 1. The maximum atomic E-state index is 12.9. The topological polar surface area (TPSA) is 26.3 Å². The molecule has 0 saturated heterocycles. The zero-order chi connectivity index (χ0) is 19.1. The van der Waals surface area contributed by atoms with Gasteiger partial charge in [0.05, 0.1) is 6.26 Å². The molecule has 0 aromatic heterocycles. The Hall–Kier alpha value is -3.13. The van der Waals surface area contributed by atoms with E-state index in [1.165, 1.54) is 11.1 Å². The summed E-state index contributed by atoms with van der Waals surface area (Å²) in [6, 6.07) is 27.9. The highest BCUT2D eigenvalue weighted by atomic mass is 16.5. The van der Waals surface area contributed by atoms with Crippen molar-refractivity contribution in [2.45, 2.75) is 26.2 Å². The summed E-state index contributed by atoms with van der Waals surface area (Å²) < 4.78 is 5.57. The maximum Gasteiger partial charge on any atom is 0.322 e. The Bertz CT molecular complexity index is 855. The molecule has 0 aliphatic heterocycles. The number of carbonyl (C=O) groups is 1. The van der Waals surface area contributed by atoms with Gasteiger partial charge >= 0.3 is 5.97 Å². The van der Waals surface area contributed by atoms with Gasteiger partial charge in [-0.2, -0.15) is 0 Å². The highest BCUT2D eigenvalue weighted by molar-refractivity contribution is 5.82. The van der Waals surface area contributed by atoms with Crippen LogP contribution in [-0.4, -0.2) is 5.97 Å². The zero-order valence-electron chi connectivity index (χ0n) is 15.8. The van der Waals surface area contributed by atoms with Crippen molar-refractivity contribution in [2.75, 3.05) is 0 Å². The Morgan fingerprint density at radius 3 is 1.89 bits per heavy atom. The lowest BCUT2D eigenvalue weighted by molar-refractivity contribution is -0.138. The molecule has 0 unspecified atom stereocenters. The Balaban J connectivity index is 1.75. The van der Waals surface area contributed by atoms with E-state index in [0.717, 1.165) is 23.1 Å². The van der Waals surface area contributed by atoms with Crippen LogP contribution in [0.4, 0.5) is 0 Å². The van der Waals surface area contributed by atoms with E-state index in [0.29, 0.717) is 0 Å². The molecule has 0 fully saturated rings. The van der Waals surface area contributed by atoms with E-state index in [2.05, 4.69) is 31.2 Å². The number of hydrogen-bond acceptors (Lipinski definition) is 2. The summed E-state index contributed by atoms with van der Waals surface area (Å²) in [4.78, 5) is 12.9. The SMILES string of the molecule is C/C(=C\OC(=O)C(c1ccccc1)c1ccccc1)Cc1ccc(C)cc1. The minimum absolute atomic E-state index is 0.268. The molecule has 0 aliphatic rings. The molecule has 2 heteroatoms. The molecule has 0 N–H and O–H groups in total. The van der Waals surface area contributed by atoms with Gasteiger partial charge in [-0.1, -0.05) is 90.5 Å². The van der Waals surface area contributed by atoms with Crippen molar-refractivity contribution in [3.05, 3.63) is 119 Å². The van der Waals surface area contributed by atoms with Crippen LogP contribution < -0.4 is 0 Å². The molecule has 0 saturated carbocycles. The third-order valence-electron chi connectivity index (χ3n) is 4.48. The van der Waals surface area contributed by atoms with Gasteiger partial charge in [-0.25, -0.2) is 0 Å². The van der Waals surface area contributed by atoms with E-state index in [-0.39, 0.29) is 5.97 Å². The first-order chi connectivity index (χ1) is 13.1. The number of rotatable bonds is 6. The normalized spacial score (nSPS) is 11.4. The fourth-order valence-corrected chi connectivity index (χ4v) is 3.05. The number of esters is 1. The molecular weight excluding hydrogens is 332 g/mol. The third kappa shape index (κ3) is 5.18. The summed E-state index contributed by atoms with van der Waals surface area (Å²) in [6.45, 7) is 4.05. The monoisotopic (exact) mass is 356 g/mol. The molecule has 0 radical (unpaired) electrons. The van der Waals surface area contributed by atoms with Gasteiger partial charge in [-0.15, -0.1) is 0 Å². The molecule has 3 rings (SSSR count). The van der Waals surface area contributed by atoms with Gasteiger partial charge in [-0.3, -0.25) is 4.79 Å². The van der Waals surface area contributed by atoms with Gasteiger partial charge < -0.3 is 4.74 Å². The first-order valence-corrected chi connectivity index (χ1v) is 9.15. The maximum absolute atomic E-state index is 12.9. The molecule has 3 aromatic carbocycles. The Morgan fingerprint density at radius 2 is 1.37 bits per heavy atom. The molecule has 0 amide bonds. The number of aryl methyl sites for hydroxylation is 1. The van der Waals surface area contributed by atoms with Crippen molar-refractivity contribution in [2.24, 2.45) is 0 Å². The van der Waals surface area contributed by atoms with Crippen LogP contribution in [0.1, 0.15) is 35.1 Å². The van der Waals surface area contributed by atoms with Crippen LogP contribution in [0.15, 0.2) is 96.8 Å². The van der Waals surface area contributed by atoms with Crippen LogP contribution in [-0.2, 0) is 16.0 Å². The smallest absolute Gasteiger partial charge is 0.322 e. The van der Waals surface area contributed by atoms with Crippen molar-refractivity contribution >= 4 is 5.97 Å². The second-order valence-electron chi connectivity index (χ2n) is 6.82. The molecule has 0 atom stereocenters. The minimum atomic E-state index is -0.434. The van der Waals surface area contributed by atoms with Crippen LogP contribution >= 0.6 is 0 Å². The van der Waals surface area contributed by atoms with Crippen LogP contribution in [0.2, 0.25) is 0 Å². The Labute approximate surface area is 161 Å². The predicted molar refractivity (Wildman–Crippen MR) is 109 cm³/mol. The summed E-state index contributed by atoms with van der Waals surface area (Å²) in [5, 5.41) is 0. The van der Waals surface area contributed by atoms with Gasteiger partial charge in [0.1, 0.15) is 5.92 Å². The summed E-state index contributed by atoms with van der Waals surface area (Å²) in [7, 11) is 0. The molecule has 136 valence electrons. The fraction of sp³-hybridized carbons (Fsp3) is 0.160. The van der Waals surface area contributed by atoms with Crippen LogP contribution in [0, 0.1) is 6.92 Å². The first-order valence-electron chi connectivity index (χ1n) is 9.15. The van der Waals surface area contributed by atoms with Crippen molar-refractivity contribution < 1.29 is 9.53 Å². The van der Waals surface area contributed by atoms with Crippen molar-refractivity contribution in [1.82, 2.24) is 0 Å². The molecular formula is C25H24O2. The second kappa shape index (κ2) is 9.00. The number of benzene rings is 3. The van der Waals surface area contributed by atoms with Gasteiger partial charge in [0.2, 0.25) is 0 Å². The van der Waals surface area contributed by atoms with Crippen molar-refractivity contribution in [3.8, 4) is 0 Å². The summed E-state index contributed by atoms with van der Waals surface area (Å²) in [5.41, 5.74) is 5.30. The highest BCUT2D eigenvalue weighted by Gasteiger charge is 2.23. The van der Waals surface area contributed by atoms with Gasteiger partial charge in [0, 0.05) is 0 Å². The average Bonchev–Trinajstić information content (AvgIpc) is 2.70. The van der Waals surface area contributed by atoms with Crippen LogP contribution in [0.25, 0.3) is 0 Å². The second-order valence-corrected chi connectivity index (χ2v) is 6.82. The quantitative estimate of drug-likeness (QED) is 0.411. The van der Waals surface area contributed by atoms with E-state index in [1.54, 1.807) is 6.26 Å². The van der Waals surface area contributed by atoms with Gasteiger partial charge in [-0.05, 0) is 42.5 Å². The average molecular weight is 356 g/mol. The lowest BCUT2D eigenvalue weighted by Crippen LogP contribution is -2.15. The predicted octanol–water partition coefficient (Wildman–Crippen LogP) is 5.82. The van der Waals surface area contributed by atoms with E-state index < -0.39 is 5.92 Å². The first kappa shape index (κ1) is 18.7. The molecule has 3 aromatic rings. The zero-order valence-corrected chi connectivity index (χ0v) is 15.8. The van der Waals surface area contributed by atoms with Gasteiger partial charge in [0.25, 0.3) is 0 Å². The molecule has 0 spiro atoms. The highest BCUT2D eigenvalue weighted by Crippen LogP contribution is 2.26. The number of hydrogen-bond donors (Lipinski definition) is 0. The minimum Gasteiger partial charge on any atom is -0.434 e. The third-order valence-corrected chi connectivity index (χ3v) is 4.48. The molecule has 27 heavy (non-hydrogen) atoms. The number of allylic oxidation sites excluding steroid dienone is 1. The largest absolute Gasteiger partial charge is 0.434 e. The molecule has 2 nitrogen and oxygen atoms in total. The summed E-state index contributed by atoms with van der Waals surface area (Å²) >= 11 is 0. The van der Waals surface area contributed by atoms with Crippen LogP contribution in [0.3, 0.4) is 0 Å². The lowest BCUT2D eigenvalue weighted by atomic mass is 9.91. The number of carbonyl (C=O) groups excluding carboxylic acids is 1. The van der Waals surface area contributed by atoms with E-state index in [4.69, 9.17) is 4.74 Å². The van der Waals surface area contributed by atoms with Crippen molar-refractivity contribution in [1.29, 1.82) is 0 Å². The Kier molecular flexibility index (Phi) is 6.22. The summed E-state index contributed by atoms with van der Waals surface area (Å²) in [5.74, 6) is -0.702. The van der Waals surface area contributed by atoms with Crippen LogP contribution in [0.5, 0.6) is 0 Å². The van der Waals surface area contributed by atoms with Crippen molar-refractivity contribution in [3.63, 3.8) is 0 Å². The van der Waals surface area contributed by atoms with E-state index in [9.17, 15) is 4.79 Å². The summed E-state index contributed by atoms with van der Waals surface area (Å²) in [6.07, 6.45) is 2.34. The lowest BCUT2D eigenvalue weighted by Gasteiger charge is -2.16. The molecule has 0 heterocycles. The fourth-order valence-electron chi connectivity index (χ4n) is 3.05. The standard InChI is InChI=1S/C25H24O2/c1-19-13-15-21(16-14-19)17-20(2)18-27-25(26)24(22-9-5-3-6-10-22)23-11-7-4-8-12-23/h3-16,18,24H,17H2,1-2H3/b20-18+. The molecule has 0 bridgehead atoms. The van der Waals surface area contributed by atoms with E-state index >= 15 is 0 Å². The Morgan fingerprint density at radius 1 is 0.852 bits per heavy atom. The molecule has 0 aliphatic carbocycles. The van der Waals surface area contributed by atoms with Gasteiger partial charge in [0.15, 0.2) is 0 Å².